The highest BCUT2D eigenvalue weighted by Gasteiger charge is 2.35. The lowest BCUT2D eigenvalue weighted by Gasteiger charge is -2.20. The molecule has 0 saturated carbocycles. The van der Waals surface area contributed by atoms with Crippen LogP contribution in [0.4, 0.5) is 13.2 Å². The Hall–Kier alpha value is -3.01. The molecule has 1 amide bonds. The third-order valence-corrected chi connectivity index (χ3v) is 5.50. The van der Waals surface area contributed by atoms with Gasteiger partial charge in [0.05, 0.1) is 6.61 Å². The third kappa shape index (κ3) is 8.09. The summed E-state index contributed by atoms with van der Waals surface area (Å²) in [5.74, 6) is -1.22. The van der Waals surface area contributed by atoms with Gasteiger partial charge in [0.15, 0.2) is 0 Å². The van der Waals surface area contributed by atoms with Crippen molar-refractivity contribution in [2.75, 3.05) is 6.61 Å². The Balaban J connectivity index is 2.30. The monoisotopic (exact) mass is 494 g/mol. The van der Waals surface area contributed by atoms with Crippen LogP contribution in [-0.2, 0) is 0 Å². The normalized spacial score (nSPS) is 14.0. The summed E-state index contributed by atoms with van der Waals surface area (Å²) in [5, 5.41) is 3.54. The quantitative estimate of drug-likeness (QED) is 0.366. The number of halogens is 3. The van der Waals surface area contributed by atoms with Crippen LogP contribution in [0.1, 0.15) is 49.9 Å². The van der Waals surface area contributed by atoms with Gasteiger partial charge in [0, 0.05) is 34.4 Å². The minimum absolute atomic E-state index is 0.0807. The van der Waals surface area contributed by atoms with E-state index >= 15 is 0 Å². The summed E-state index contributed by atoms with van der Waals surface area (Å²) < 4.78 is 44.3. The number of amidine groups is 1. The van der Waals surface area contributed by atoms with E-state index in [1.165, 1.54) is 11.3 Å². The van der Waals surface area contributed by atoms with Crippen molar-refractivity contribution in [3.8, 4) is 16.3 Å². The van der Waals surface area contributed by atoms with Crippen LogP contribution in [0.3, 0.4) is 0 Å². The first-order chi connectivity index (χ1) is 15.7. The number of rotatable bonds is 7. The van der Waals surface area contributed by atoms with Gasteiger partial charge in [0.1, 0.15) is 10.8 Å². The van der Waals surface area contributed by atoms with E-state index in [9.17, 15) is 18.0 Å². The van der Waals surface area contributed by atoms with Crippen molar-refractivity contribution in [2.45, 2.75) is 53.8 Å². The first kappa shape index (κ1) is 27.2. The van der Waals surface area contributed by atoms with Gasteiger partial charge in [0.25, 0.3) is 5.91 Å². The molecule has 0 unspecified atom stereocenters. The van der Waals surface area contributed by atoms with Crippen LogP contribution in [-0.4, -0.2) is 42.3 Å². The lowest BCUT2D eigenvalue weighted by Crippen LogP contribution is -2.33. The number of hydrogen-bond acceptors (Lipinski definition) is 5. The highest BCUT2D eigenvalue weighted by atomic mass is 32.1. The summed E-state index contributed by atoms with van der Waals surface area (Å²) in [6.45, 7) is 14.6. The van der Waals surface area contributed by atoms with Gasteiger partial charge in [-0.05, 0) is 56.7 Å². The number of aromatic nitrogens is 1. The van der Waals surface area contributed by atoms with E-state index in [1.807, 2.05) is 33.8 Å². The van der Waals surface area contributed by atoms with E-state index in [-0.39, 0.29) is 5.41 Å². The fourth-order valence-electron chi connectivity index (χ4n) is 2.60. The largest absolute Gasteiger partial charge is 0.493 e. The number of ether oxygens (including phenoxy) is 1. The van der Waals surface area contributed by atoms with Gasteiger partial charge in [-0.2, -0.15) is 13.2 Å². The molecule has 0 aliphatic carbocycles. The fourth-order valence-corrected chi connectivity index (χ4v) is 3.35. The molecule has 0 saturated heterocycles. The summed E-state index contributed by atoms with van der Waals surface area (Å²) in [6, 6.07) is 4.61. The molecule has 1 N–H and O–H groups in total. The topological polar surface area (TPSA) is 75.9 Å². The minimum Gasteiger partial charge on any atom is -0.493 e. The molecule has 0 fully saturated rings. The van der Waals surface area contributed by atoms with Gasteiger partial charge in [-0.1, -0.05) is 20.8 Å². The molecule has 1 heterocycles. The molecule has 0 aliphatic heterocycles. The molecular weight excluding hydrogens is 465 g/mol. The molecule has 1 atom stereocenters. The van der Waals surface area contributed by atoms with E-state index in [1.54, 1.807) is 32.2 Å². The second-order valence-electron chi connectivity index (χ2n) is 9.05. The molecule has 34 heavy (non-hydrogen) atoms. The van der Waals surface area contributed by atoms with Crippen molar-refractivity contribution >= 4 is 29.8 Å². The van der Waals surface area contributed by atoms with Crippen molar-refractivity contribution in [1.82, 2.24) is 10.3 Å². The van der Waals surface area contributed by atoms with E-state index in [0.29, 0.717) is 23.5 Å². The molecule has 6 nitrogen and oxygen atoms in total. The third-order valence-electron chi connectivity index (χ3n) is 4.53. The van der Waals surface area contributed by atoms with Crippen molar-refractivity contribution in [3.05, 3.63) is 46.6 Å². The van der Waals surface area contributed by atoms with Gasteiger partial charge in [-0.25, -0.2) is 15.0 Å². The van der Waals surface area contributed by atoms with E-state index in [0.717, 1.165) is 21.6 Å². The van der Waals surface area contributed by atoms with Crippen molar-refractivity contribution in [1.29, 1.82) is 0 Å². The summed E-state index contributed by atoms with van der Waals surface area (Å²) in [4.78, 5) is 24.7. The number of alkyl halides is 3. The van der Waals surface area contributed by atoms with Gasteiger partial charge in [0.2, 0.25) is 5.84 Å². The minimum atomic E-state index is -4.71. The van der Waals surface area contributed by atoms with Crippen molar-refractivity contribution in [3.63, 3.8) is 0 Å². The smallest absolute Gasteiger partial charge is 0.451 e. The van der Waals surface area contributed by atoms with Crippen LogP contribution in [0.15, 0.2) is 46.2 Å². The molecule has 1 aromatic heterocycles. The zero-order valence-electron chi connectivity index (χ0n) is 20.1. The van der Waals surface area contributed by atoms with Gasteiger partial charge >= 0.3 is 6.18 Å². The Kier molecular flexibility index (Phi) is 8.77. The summed E-state index contributed by atoms with van der Waals surface area (Å²) in [5.41, 5.74) is 1.42. The maximum atomic E-state index is 13.0. The maximum absolute atomic E-state index is 13.0. The number of carbonyl (C=O) groups excluding carboxylic acids is 1. The number of hydrogen-bond donors (Lipinski definition) is 1. The van der Waals surface area contributed by atoms with Crippen LogP contribution >= 0.6 is 11.3 Å². The molecule has 0 bridgehead atoms. The predicted molar refractivity (Wildman–Crippen MR) is 131 cm³/mol. The van der Waals surface area contributed by atoms with Crippen LogP contribution in [0.2, 0.25) is 0 Å². The van der Waals surface area contributed by atoms with Crippen molar-refractivity contribution in [2.24, 2.45) is 15.4 Å². The number of carbonyl (C=O) groups is 1. The Morgan fingerprint density at radius 1 is 1.29 bits per heavy atom. The molecule has 1 aromatic carbocycles. The van der Waals surface area contributed by atoms with Crippen LogP contribution in [0, 0.1) is 12.3 Å². The second-order valence-corrected chi connectivity index (χ2v) is 10.3. The number of thiazole rings is 1. The summed E-state index contributed by atoms with van der Waals surface area (Å²) in [7, 11) is 0. The van der Waals surface area contributed by atoms with E-state index < -0.39 is 24.0 Å². The van der Waals surface area contributed by atoms with Crippen LogP contribution in [0.5, 0.6) is 5.75 Å². The highest BCUT2D eigenvalue weighted by Crippen LogP contribution is 2.30. The molecule has 184 valence electrons. The Labute approximate surface area is 201 Å². The fraction of sp³-hybridized carbons (Fsp3) is 0.417. The molecule has 2 aromatic rings. The average molecular weight is 495 g/mol. The van der Waals surface area contributed by atoms with Crippen molar-refractivity contribution < 1.29 is 22.7 Å². The second kappa shape index (κ2) is 10.9. The lowest BCUT2D eigenvalue weighted by atomic mass is 9.98. The molecular formula is C24H29F3N4O2S. The Bertz CT molecular complexity index is 1100. The van der Waals surface area contributed by atoms with Gasteiger partial charge in [-0.3, -0.25) is 4.79 Å². The Morgan fingerprint density at radius 2 is 1.97 bits per heavy atom. The standard InChI is InChI=1S/C24H29F3N4O2S/c1-14(11-30-22(28-7)24(25,26)27)16(3)31-20(32)17-8-18(21-29-12-15(2)34-21)10-19(9-17)33-13-23(4,5)6/h8-12,16H,7,13H2,1-6H3,(H,31,32)/b14-11+,30-22-/t16-/m1/s1. The summed E-state index contributed by atoms with van der Waals surface area (Å²) in [6.07, 6.45) is -1.93. The zero-order valence-corrected chi connectivity index (χ0v) is 20.9. The molecule has 0 radical (unpaired) electrons. The Morgan fingerprint density at radius 3 is 2.50 bits per heavy atom. The highest BCUT2D eigenvalue weighted by molar-refractivity contribution is 7.14. The number of nitrogens with one attached hydrogen (secondary N) is 1. The molecule has 0 spiro atoms. The van der Waals surface area contributed by atoms with Gasteiger partial charge in [-0.15, -0.1) is 11.3 Å². The molecule has 0 aliphatic rings. The number of aliphatic imine (C=N–C) groups is 2. The maximum Gasteiger partial charge on any atom is 0.451 e. The number of nitrogens with zero attached hydrogens (tertiary/aromatic N) is 3. The SMILES string of the molecule is C=N/C(=N\C=C(/C)[C@@H](C)NC(=O)c1cc(OCC(C)(C)C)cc(-c2ncc(C)s2)c1)C(F)(F)F. The lowest BCUT2D eigenvalue weighted by molar-refractivity contribution is -0.0596. The first-order valence-corrected chi connectivity index (χ1v) is 11.3. The number of benzene rings is 1. The first-order valence-electron chi connectivity index (χ1n) is 10.5. The average Bonchev–Trinajstić information content (AvgIpc) is 3.17. The van der Waals surface area contributed by atoms with Crippen LogP contribution < -0.4 is 10.1 Å². The molecule has 10 heteroatoms. The zero-order chi connectivity index (χ0) is 25.7. The van der Waals surface area contributed by atoms with E-state index in [4.69, 9.17) is 4.74 Å². The van der Waals surface area contributed by atoms with Gasteiger partial charge < -0.3 is 10.1 Å². The molecule has 2 rings (SSSR count). The van der Waals surface area contributed by atoms with Crippen LogP contribution in [0.25, 0.3) is 10.6 Å². The van der Waals surface area contributed by atoms with E-state index in [2.05, 4.69) is 27.0 Å². The summed E-state index contributed by atoms with van der Waals surface area (Å²) >= 11 is 1.50. The number of aryl methyl sites for hydroxylation is 1. The number of amides is 1. The predicted octanol–water partition coefficient (Wildman–Crippen LogP) is 6.23.